The zero-order chi connectivity index (χ0) is 14.5. The van der Waals surface area contributed by atoms with Crippen molar-refractivity contribution in [2.45, 2.75) is 33.1 Å². The molecule has 2 aromatic heterocycles. The Morgan fingerprint density at radius 2 is 2.00 bits per heavy atom. The molecule has 20 heavy (non-hydrogen) atoms. The van der Waals surface area contributed by atoms with Gasteiger partial charge in [0.25, 0.3) is 0 Å². The summed E-state index contributed by atoms with van der Waals surface area (Å²) in [6.07, 6.45) is 3.05. The topological polar surface area (TPSA) is 41.1 Å². The van der Waals surface area contributed by atoms with Crippen molar-refractivity contribution in [3.8, 4) is 0 Å². The SMILES string of the molecule is CCc1nc(NCCCN(C)C)c2cc(CC)sc2n1. The van der Waals surface area contributed by atoms with Gasteiger partial charge in [-0.3, -0.25) is 0 Å². The Balaban J connectivity index is 2.18. The molecule has 2 heterocycles. The normalized spacial score (nSPS) is 11.4. The molecule has 0 aliphatic rings. The lowest BCUT2D eigenvalue weighted by atomic mass is 10.3. The van der Waals surface area contributed by atoms with Crippen molar-refractivity contribution in [1.82, 2.24) is 14.9 Å². The minimum absolute atomic E-state index is 0.877. The van der Waals surface area contributed by atoms with Crippen molar-refractivity contribution in [3.63, 3.8) is 0 Å². The molecule has 0 fully saturated rings. The number of hydrogen-bond donors (Lipinski definition) is 1. The Kier molecular flexibility index (Phi) is 5.31. The summed E-state index contributed by atoms with van der Waals surface area (Å²) >= 11 is 1.79. The number of hydrogen-bond acceptors (Lipinski definition) is 5. The second-order valence-corrected chi connectivity index (χ2v) is 6.33. The smallest absolute Gasteiger partial charge is 0.138 e. The third kappa shape index (κ3) is 3.67. The third-order valence-corrected chi connectivity index (χ3v) is 4.40. The van der Waals surface area contributed by atoms with Gasteiger partial charge in [0.15, 0.2) is 0 Å². The van der Waals surface area contributed by atoms with Crippen LogP contribution in [0.4, 0.5) is 5.82 Å². The van der Waals surface area contributed by atoms with Gasteiger partial charge in [0, 0.05) is 17.8 Å². The van der Waals surface area contributed by atoms with Crippen LogP contribution >= 0.6 is 11.3 Å². The molecule has 5 heteroatoms. The number of thiophene rings is 1. The molecule has 0 amide bonds. The van der Waals surface area contributed by atoms with Crippen molar-refractivity contribution in [3.05, 3.63) is 16.8 Å². The van der Waals surface area contributed by atoms with Gasteiger partial charge in [-0.2, -0.15) is 0 Å². The van der Waals surface area contributed by atoms with Gasteiger partial charge in [-0.05, 0) is 39.5 Å². The van der Waals surface area contributed by atoms with Gasteiger partial charge < -0.3 is 10.2 Å². The predicted octanol–water partition coefficient (Wildman–Crippen LogP) is 3.18. The van der Waals surface area contributed by atoms with Crippen LogP contribution in [0.2, 0.25) is 0 Å². The highest BCUT2D eigenvalue weighted by Crippen LogP contribution is 2.29. The first kappa shape index (κ1) is 15.2. The zero-order valence-electron chi connectivity index (χ0n) is 12.9. The number of aromatic nitrogens is 2. The van der Waals surface area contributed by atoms with E-state index in [0.29, 0.717) is 0 Å². The fourth-order valence-electron chi connectivity index (χ4n) is 2.08. The predicted molar refractivity (Wildman–Crippen MR) is 87.8 cm³/mol. The average Bonchev–Trinajstić information content (AvgIpc) is 2.86. The van der Waals surface area contributed by atoms with E-state index in [1.165, 1.54) is 10.3 Å². The Hall–Kier alpha value is -1.20. The number of nitrogens with zero attached hydrogens (tertiary/aromatic N) is 3. The van der Waals surface area contributed by atoms with Gasteiger partial charge in [-0.25, -0.2) is 9.97 Å². The molecule has 2 rings (SSSR count). The fourth-order valence-corrected chi connectivity index (χ4v) is 3.07. The number of rotatable bonds is 7. The molecule has 0 aliphatic heterocycles. The molecule has 1 N–H and O–H groups in total. The summed E-state index contributed by atoms with van der Waals surface area (Å²) in [5.41, 5.74) is 0. The van der Waals surface area contributed by atoms with Gasteiger partial charge in [0.2, 0.25) is 0 Å². The molecule has 0 unspecified atom stereocenters. The first-order chi connectivity index (χ1) is 9.63. The van der Waals surface area contributed by atoms with Crippen molar-refractivity contribution in [2.75, 3.05) is 32.5 Å². The van der Waals surface area contributed by atoms with Crippen LogP contribution in [0.25, 0.3) is 10.2 Å². The van der Waals surface area contributed by atoms with Crippen LogP contribution in [0.3, 0.4) is 0 Å². The second-order valence-electron chi connectivity index (χ2n) is 5.21. The summed E-state index contributed by atoms with van der Waals surface area (Å²) in [4.78, 5) is 14.0. The summed E-state index contributed by atoms with van der Waals surface area (Å²) in [7, 11) is 4.20. The molecule has 0 spiro atoms. The molecule has 0 saturated heterocycles. The minimum Gasteiger partial charge on any atom is -0.369 e. The standard InChI is InChI=1S/C15H24N4S/c1-5-11-10-12-14(16-8-7-9-19(3)4)17-13(6-2)18-15(12)20-11/h10H,5-9H2,1-4H3,(H,16,17,18). The van der Waals surface area contributed by atoms with Crippen LogP contribution in [0.5, 0.6) is 0 Å². The van der Waals surface area contributed by atoms with Gasteiger partial charge in [-0.15, -0.1) is 11.3 Å². The molecule has 0 atom stereocenters. The molecule has 2 aromatic rings. The highest BCUT2D eigenvalue weighted by Gasteiger charge is 2.10. The van der Waals surface area contributed by atoms with E-state index in [-0.39, 0.29) is 0 Å². The maximum Gasteiger partial charge on any atom is 0.138 e. The van der Waals surface area contributed by atoms with Gasteiger partial charge in [0.1, 0.15) is 16.5 Å². The molecular weight excluding hydrogens is 268 g/mol. The summed E-state index contributed by atoms with van der Waals surface area (Å²) in [5, 5.41) is 4.66. The van der Waals surface area contributed by atoms with Crippen LogP contribution in [-0.2, 0) is 12.8 Å². The number of fused-ring (bicyclic) bond motifs is 1. The molecule has 0 saturated carbocycles. The highest BCUT2D eigenvalue weighted by molar-refractivity contribution is 7.18. The van der Waals surface area contributed by atoms with Gasteiger partial charge in [-0.1, -0.05) is 13.8 Å². The van der Waals surface area contributed by atoms with E-state index in [9.17, 15) is 0 Å². The maximum absolute atomic E-state index is 4.65. The van der Waals surface area contributed by atoms with Crippen LogP contribution in [0.15, 0.2) is 6.07 Å². The Bertz CT molecular complexity index is 562. The lowest BCUT2D eigenvalue weighted by Crippen LogP contribution is -2.17. The summed E-state index contributed by atoms with van der Waals surface area (Å²) in [5.74, 6) is 1.93. The van der Waals surface area contributed by atoms with Crippen molar-refractivity contribution >= 4 is 27.4 Å². The summed E-state index contributed by atoms with van der Waals surface area (Å²) in [6.45, 7) is 6.32. The number of aryl methyl sites for hydroxylation is 2. The van der Waals surface area contributed by atoms with Crippen LogP contribution in [0.1, 0.15) is 31.0 Å². The quantitative estimate of drug-likeness (QED) is 0.796. The van der Waals surface area contributed by atoms with Crippen molar-refractivity contribution < 1.29 is 0 Å². The Morgan fingerprint density at radius 3 is 2.65 bits per heavy atom. The first-order valence-corrected chi connectivity index (χ1v) is 8.13. The molecule has 4 nitrogen and oxygen atoms in total. The maximum atomic E-state index is 4.65. The van der Waals surface area contributed by atoms with Crippen LogP contribution in [0, 0.1) is 0 Å². The lowest BCUT2D eigenvalue weighted by molar-refractivity contribution is 0.405. The highest BCUT2D eigenvalue weighted by atomic mass is 32.1. The number of nitrogens with one attached hydrogen (secondary N) is 1. The minimum atomic E-state index is 0.877. The molecular formula is C15H24N4S. The van der Waals surface area contributed by atoms with E-state index in [0.717, 1.165) is 48.8 Å². The Morgan fingerprint density at radius 1 is 1.20 bits per heavy atom. The largest absolute Gasteiger partial charge is 0.369 e. The fraction of sp³-hybridized carbons (Fsp3) is 0.600. The molecule has 110 valence electrons. The summed E-state index contributed by atoms with van der Waals surface area (Å²) < 4.78 is 0. The van der Waals surface area contributed by atoms with E-state index in [4.69, 9.17) is 0 Å². The number of anilines is 1. The van der Waals surface area contributed by atoms with E-state index >= 15 is 0 Å². The average molecular weight is 292 g/mol. The van der Waals surface area contributed by atoms with E-state index in [1.807, 2.05) is 0 Å². The monoisotopic (exact) mass is 292 g/mol. The second kappa shape index (κ2) is 6.99. The first-order valence-electron chi connectivity index (χ1n) is 7.32. The van der Waals surface area contributed by atoms with Crippen molar-refractivity contribution in [1.29, 1.82) is 0 Å². The molecule has 0 radical (unpaired) electrons. The van der Waals surface area contributed by atoms with E-state index in [1.54, 1.807) is 11.3 Å². The van der Waals surface area contributed by atoms with E-state index < -0.39 is 0 Å². The summed E-state index contributed by atoms with van der Waals surface area (Å²) in [6, 6.07) is 2.23. The molecule has 0 aromatic carbocycles. The van der Waals surface area contributed by atoms with Gasteiger partial charge >= 0.3 is 0 Å². The third-order valence-electron chi connectivity index (χ3n) is 3.23. The van der Waals surface area contributed by atoms with Gasteiger partial charge in [0.05, 0.1) is 5.39 Å². The Labute approximate surface area is 125 Å². The lowest BCUT2D eigenvalue weighted by Gasteiger charge is -2.11. The van der Waals surface area contributed by atoms with Crippen molar-refractivity contribution in [2.24, 2.45) is 0 Å². The van der Waals surface area contributed by atoms with Crippen LogP contribution in [-0.4, -0.2) is 42.1 Å². The van der Waals surface area contributed by atoms with E-state index in [2.05, 4.69) is 54.2 Å². The molecule has 0 aliphatic carbocycles. The molecule has 0 bridgehead atoms. The van der Waals surface area contributed by atoms with Crippen LogP contribution < -0.4 is 5.32 Å². The zero-order valence-corrected chi connectivity index (χ0v) is 13.7.